The molecular weight excluding hydrogens is 366 g/mol. The van der Waals surface area contributed by atoms with Crippen molar-refractivity contribution in [3.63, 3.8) is 0 Å². The number of ether oxygens (including phenoxy) is 1. The van der Waals surface area contributed by atoms with Gasteiger partial charge in [0, 0.05) is 42.4 Å². The molecule has 0 bridgehead atoms. The number of benzene rings is 1. The Morgan fingerprint density at radius 3 is 2.79 bits per heavy atom. The summed E-state index contributed by atoms with van der Waals surface area (Å²) in [5.41, 5.74) is 8.23. The number of amides is 1. The Morgan fingerprint density at radius 1 is 1.31 bits per heavy atom. The van der Waals surface area contributed by atoms with E-state index in [-0.39, 0.29) is 17.6 Å². The summed E-state index contributed by atoms with van der Waals surface area (Å²) in [6.07, 6.45) is 2.71. The van der Waals surface area contributed by atoms with Crippen LogP contribution in [-0.2, 0) is 9.53 Å². The second-order valence-corrected chi connectivity index (χ2v) is 8.46. The van der Waals surface area contributed by atoms with Gasteiger partial charge in [-0.05, 0) is 51.0 Å². The van der Waals surface area contributed by atoms with Gasteiger partial charge in [-0.1, -0.05) is 0 Å². The normalized spacial score (nSPS) is 24.3. The Labute approximate surface area is 171 Å². The van der Waals surface area contributed by atoms with Crippen molar-refractivity contribution in [2.24, 2.45) is 5.73 Å². The van der Waals surface area contributed by atoms with E-state index in [0.717, 1.165) is 23.9 Å². The van der Waals surface area contributed by atoms with Gasteiger partial charge in [-0.2, -0.15) is 5.26 Å². The number of nitriles is 1. The summed E-state index contributed by atoms with van der Waals surface area (Å²) < 4.78 is 6.03. The zero-order valence-corrected chi connectivity index (χ0v) is 17.0. The molecule has 1 aromatic carbocycles. The van der Waals surface area contributed by atoms with E-state index in [2.05, 4.69) is 16.0 Å². The number of carbonyl (C=O) groups is 1. The average Bonchev–Trinajstić information content (AvgIpc) is 2.72. The molecule has 2 aromatic rings. The maximum Gasteiger partial charge on any atom is 0.253 e. The van der Waals surface area contributed by atoms with Crippen LogP contribution in [0.4, 0.5) is 5.69 Å². The van der Waals surface area contributed by atoms with Crippen molar-refractivity contribution in [2.45, 2.75) is 44.4 Å². The highest BCUT2D eigenvalue weighted by molar-refractivity contribution is 5.95. The summed E-state index contributed by atoms with van der Waals surface area (Å²) in [6, 6.07) is 9.80. The SMILES string of the molecule is C[C@@H]1CN(c2ccc(C#N)c3ncccc23)C[C@H](C(=O)N2CCC(C)(N)CC2)O1. The van der Waals surface area contributed by atoms with Crippen molar-refractivity contribution in [2.75, 3.05) is 31.1 Å². The molecule has 1 amide bonds. The minimum Gasteiger partial charge on any atom is -0.365 e. The van der Waals surface area contributed by atoms with Gasteiger partial charge in [0.15, 0.2) is 6.10 Å². The molecule has 0 saturated carbocycles. The number of piperidine rings is 1. The first-order valence-electron chi connectivity index (χ1n) is 10.1. The number of hydrogen-bond acceptors (Lipinski definition) is 6. The second-order valence-electron chi connectivity index (χ2n) is 8.46. The van der Waals surface area contributed by atoms with Crippen LogP contribution in [0.2, 0.25) is 0 Å². The molecule has 0 spiro atoms. The van der Waals surface area contributed by atoms with E-state index in [9.17, 15) is 10.1 Å². The molecule has 0 aliphatic carbocycles. The number of morpholine rings is 1. The van der Waals surface area contributed by atoms with E-state index in [0.29, 0.717) is 37.3 Å². The van der Waals surface area contributed by atoms with Gasteiger partial charge in [0.05, 0.1) is 23.7 Å². The molecule has 2 fully saturated rings. The molecular formula is C22H27N5O2. The van der Waals surface area contributed by atoms with Crippen molar-refractivity contribution in [3.05, 3.63) is 36.0 Å². The van der Waals surface area contributed by atoms with Crippen LogP contribution < -0.4 is 10.6 Å². The number of fused-ring (bicyclic) bond motifs is 1. The molecule has 29 heavy (non-hydrogen) atoms. The number of likely N-dealkylation sites (tertiary alicyclic amines) is 1. The molecule has 2 saturated heterocycles. The largest absolute Gasteiger partial charge is 0.365 e. The molecule has 152 valence electrons. The van der Waals surface area contributed by atoms with Gasteiger partial charge in [0.25, 0.3) is 5.91 Å². The standard InChI is InChI=1S/C22H27N5O2/c1-15-13-27(18-6-5-16(12-23)20-17(18)4-3-9-25-20)14-19(29-15)21(28)26-10-7-22(2,24)8-11-26/h3-6,9,15,19H,7-8,10-11,13-14,24H2,1-2H3/t15-,19-/m1/s1. The van der Waals surface area contributed by atoms with E-state index in [4.69, 9.17) is 10.5 Å². The maximum absolute atomic E-state index is 13.1. The van der Waals surface area contributed by atoms with E-state index < -0.39 is 6.10 Å². The van der Waals surface area contributed by atoms with Crippen LogP contribution in [-0.4, -0.2) is 59.7 Å². The van der Waals surface area contributed by atoms with Crippen LogP contribution in [0.25, 0.3) is 10.9 Å². The third-order valence-corrected chi connectivity index (χ3v) is 5.96. The number of nitrogens with two attached hydrogens (primary N) is 1. The van der Waals surface area contributed by atoms with Crippen molar-refractivity contribution in [1.82, 2.24) is 9.88 Å². The quantitative estimate of drug-likeness (QED) is 0.839. The van der Waals surface area contributed by atoms with Gasteiger partial charge in [-0.3, -0.25) is 9.78 Å². The Kier molecular flexibility index (Phi) is 5.15. The fourth-order valence-corrected chi connectivity index (χ4v) is 4.25. The van der Waals surface area contributed by atoms with Gasteiger partial charge in [0.1, 0.15) is 6.07 Å². The second kappa shape index (κ2) is 7.62. The number of carbonyl (C=O) groups excluding carboxylic acids is 1. The average molecular weight is 393 g/mol. The number of aromatic nitrogens is 1. The fourth-order valence-electron chi connectivity index (χ4n) is 4.25. The lowest BCUT2D eigenvalue weighted by Gasteiger charge is -2.42. The van der Waals surface area contributed by atoms with Crippen LogP contribution in [0.5, 0.6) is 0 Å². The molecule has 2 atom stereocenters. The highest BCUT2D eigenvalue weighted by Crippen LogP contribution is 2.31. The van der Waals surface area contributed by atoms with Gasteiger partial charge >= 0.3 is 0 Å². The molecule has 4 rings (SSSR count). The molecule has 1 aromatic heterocycles. The fraction of sp³-hybridized carbons (Fsp3) is 0.500. The molecule has 7 nitrogen and oxygen atoms in total. The molecule has 2 aliphatic rings. The number of hydrogen-bond donors (Lipinski definition) is 1. The zero-order chi connectivity index (χ0) is 20.6. The molecule has 0 unspecified atom stereocenters. The number of anilines is 1. The zero-order valence-electron chi connectivity index (χ0n) is 17.0. The lowest BCUT2D eigenvalue weighted by Crippen LogP contribution is -2.57. The van der Waals surface area contributed by atoms with Crippen LogP contribution >= 0.6 is 0 Å². The third-order valence-electron chi connectivity index (χ3n) is 5.96. The molecule has 0 radical (unpaired) electrons. The Hall–Kier alpha value is -2.69. The Morgan fingerprint density at radius 2 is 2.07 bits per heavy atom. The first-order chi connectivity index (χ1) is 13.9. The van der Waals surface area contributed by atoms with Crippen LogP contribution in [0, 0.1) is 11.3 Å². The summed E-state index contributed by atoms with van der Waals surface area (Å²) >= 11 is 0. The van der Waals surface area contributed by atoms with Crippen molar-refractivity contribution in [1.29, 1.82) is 5.26 Å². The van der Waals surface area contributed by atoms with Crippen LogP contribution in [0.1, 0.15) is 32.3 Å². The summed E-state index contributed by atoms with van der Waals surface area (Å²) in [5, 5.41) is 10.3. The first-order valence-corrected chi connectivity index (χ1v) is 10.1. The molecule has 3 heterocycles. The number of rotatable bonds is 2. The predicted octanol–water partition coefficient (Wildman–Crippen LogP) is 2.04. The first kappa shape index (κ1) is 19.6. The summed E-state index contributed by atoms with van der Waals surface area (Å²) in [6.45, 7) is 6.53. The van der Waals surface area contributed by atoms with Gasteiger partial charge in [0.2, 0.25) is 0 Å². The Balaban J connectivity index is 1.58. The van der Waals surface area contributed by atoms with E-state index in [1.165, 1.54) is 0 Å². The highest BCUT2D eigenvalue weighted by Gasteiger charge is 2.36. The van der Waals surface area contributed by atoms with E-state index >= 15 is 0 Å². The van der Waals surface area contributed by atoms with Crippen molar-refractivity contribution < 1.29 is 9.53 Å². The predicted molar refractivity (Wildman–Crippen MR) is 111 cm³/mol. The molecule has 2 aliphatic heterocycles. The maximum atomic E-state index is 13.1. The minimum absolute atomic E-state index is 0.0353. The van der Waals surface area contributed by atoms with Gasteiger partial charge in [-0.15, -0.1) is 0 Å². The van der Waals surface area contributed by atoms with Crippen molar-refractivity contribution in [3.8, 4) is 6.07 Å². The monoisotopic (exact) mass is 393 g/mol. The van der Waals surface area contributed by atoms with E-state index in [1.54, 1.807) is 12.3 Å². The van der Waals surface area contributed by atoms with Crippen LogP contribution in [0.3, 0.4) is 0 Å². The number of pyridine rings is 1. The smallest absolute Gasteiger partial charge is 0.253 e. The lowest BCUT2D eigenvalue weighted by atomic mass is 9.91. The topological polar surface area (TPSA) is 95.5 Å². The highest BCUT2D eigenvalue weighted by atomic mass is 16.5. The molecule has 2 N–H and O–H groups in total. The molecule has 7 heteroatoms. The Bertz CT molecular complexity index is 957. The van der Waals surface area contributed by atoms with Gasteiger partial charge in [-0.25, -0.2) is 0 Å². The summed E-state index contributed by atoms with van der Waals surface area (Å²) in [4.78, 5) is 21.6. The van der Waals surface area contributed by atoms with Gasteiger partial charge < -0.3 is 20.3 Å². The lowest BCUT2D eigenvalue weighted by molar-refractivity contribution is -0.149. The minimum atomic E-state index is -0.511. The van der Waals surface area contributed by atoms with E-state index in [1.807, 2.05) is 36.9 Å². The van der Waals surface area contributed by atoms with Crippen molar-refractivity contribution >= 4 is 22.5 Å². The summed E-state index contributed by atoms with van der Waals surface area (Å²) in [7, 11) is 0. The summed E-state index contributed by atoms with van der Waals surface area (Å²) in [5.74, 6) is 0.0353. The van der Waals surface area contributed by atoms with Crippen LogP contribution in [0.15, 0.2) is 30.5 Å². The number of nitrogens with zero attached hydrogens (tertiary/aromatic N) is 4. The third kappa shape index (κ3) is 3.91.